The van der Waals surface area contributed by atoms with E-state index >= 15 is 0 Å². The molecule has 0 aliphatic carbocycles. The van der Waals surface area contributed by atoms with Crippen molar-refractivity contribution in [2.24, 2.45) is 5.92 Å². The molecule has 1 aliphatic rings. The zero-order valence-corrected chi connectivity index (χ0v) is 12.9. The number of carbonyl (C=O) groups is 1. The van der Waals surface area contributed by atoms with Gasteiger partial charge in [-0.2, -0.15) is 0 Å². The van der Waals surface area contributed by atoms with E-state index in [-0.39, 0.29) is 5.92 Å². The van der Waals surface area contributed by atoms with Crippen LogP contribution in [-0.2, 0) is 4.79 Å². The van der Waals surface area contributed by atoms with Crippen LogP contribution in [0.25, 0.3) is 4.83 Å². The molecule has 0 saturated carbocycles. The van der Waals surface area contributed by atoms with E-state index in [1.807, 2.05) is 17.4 Å². The lowest BCUT2D eigenvalue weighted by atomic mass is 10.0. The molecule has 1 aliphatic heterocycles. The number of amides is 1. The molecule has 5 heteroatoms. The third-order valence-electron chi connectivity index (χ3n) is 4.40. The minimum Gasteiger partial charge on any atom is -0.342 e. The molecule has 0 aromatic carbocycles. The third kappa shape index (κ3) is 2.24. The van der Waals surface area contributed by atoms with Gasteiger partial charge in [0.15, 0.2) is 0 Å². The first-order valence-electron chi connectivity index (χ1n) is 7.43. The quantitative estimate of drug-likeness (QED) is 0.868. The summed E-state index contributed by atoms with van der Waals surface area (Å²) in [6, 6.07) is 0. The number of hydrogen-bond donors (Lipinski definition) is 0. The zero-order chi connectivity index (χ0) is 14.1. The van der Waals surface area contributed by atoms with E-state index < -0.39 is 0 Å². The molecule has 1 unspecified atom stereocenters. The molecule has 2 aromatic heterocycles. The van der Waals surface area contributed by atoms with Crippen LogP contribution in [0.2, 0.25) is 0 Å². The molecule has 1 amide bonds. The number of likely N-dealkylation sites (tertiary alicyclic amines) is 1. The van der Waals surface area contributed by atoms with E-state index in [4.69, 9.17) is 0 Å². The number of carbonyl (C=O) groups excluding carboxylic acids is 1. The van der Waals surface area contributed by atoms with E-state index in [9.17, 15) is 4.79 Å². The first-order valence-corrected chi connectivity index (χ1v) is 8.31. The Kier molecular flexibility index (Phi) is 3.78. The topological polar surface area (TPSA) is 37.6 Å². The van der Waals surface area contributed by atoms with Crippen molar-refractivity contribution in [1.29, 1.82) is 0 Å². The third-order valence-corrected chi connectivity index (χ3v) is 5.30. The van der Waals surface area contributed by atoms with Crippen molar-refractivity contribution in [2.75, 3.05) is 13.1 Å². The molecule has 108 valence electrons. The summed E-state index contributed by atoms with van der Waals surface area (Å²) in [4.78, 5) is 20.3. The summed E-state index contributed by atoms with van der Waals surface area (Å²) < 4.78 is 2.07. The van der Waals surface area contributed by atoms with E-state index in [0.29, 0.717) is 11.8 Å². The van der Waals surface area contributed by atoms with Gasteiger partial charge < -0.3 is 4.90 Å². The second-order valence-electron chi connectivity index (χ2n) is 5.53. The highest BCUT2D eigenvalue weighted by molar-refractivity contribution is 7.15. The number of nitrogens with zero attached hydrogens (tertiary/aromatic N) is 3. The molecular formula is C15H21N3OS. The number of fused-ring (bicyclic) bond motifs is 1. The summed E-state index contributed by atoms with van der Waals surface area (Å²) in [6.07, 6.45) is 6.84. The second-order valence-corrected chi connectivity index (χ2v) is 6.42. The van der Waals surface area contributed by atoms with E-state index in [1.54, 1.807) is 11.3 Å². The second kappa shape index (κ2) is 5.56. The van der Waals surface area contributed by atoms with Gasteiger partial charge in [0.2, 0.25) is 5.91 Å². The Balaban J connectivity index is 1.74. The number of aromatic nitrogens is 2. The SMILES string of the molecule is CCC(CC)C(=O)N1CCC(c2ncn3ccsc23)C1. The minimum absolute atomic E-state index is 0.192. The maximum absolute atomic E-state index is 12.4. The van der Waals surface area contributed by atoms with E-state index in [1.165, 1.54) is 10.5 Å². The molecular weight excluding hydrogens is 270 g/mol. The van der Waals surface area contributed by atoms with Gasteiger partial charge in [-0.15, -0.1) is 11.3 Å². The fourth-order valence-electron chi connectivity index (χ4n) is 3.11. The van der Waals surface area contributed by atoms with Crippen molar-refractivity contribution in [3.05, 3.63) is 23.6 Å². The van der Waals surface area contributed by atoms with Gasteiger partial charge in [0.1, 0.15) is 11.2 Å². The summed E-state index contributed by atoms with van der Waals surface area (Å²) >= 11 is 1.73. The maximum atomic E-state index is 12.4. The van der Waals surface area contributed by atoms with Crippen LogP contribution in [0.1, 0.15) is 44.7 Å². The Hall–Kier alpha value is -1.36. The molecule has 20 heavy (non-hydrogen) atoms. The molecule has 3 heterocycles. The number of hydrogen-bond acceptors (Lipinski definition) is 3. The van der Waals surface area contributed by atoms with Gasteiger partial charge in [0, 0.05) is 36.5 Å². The first kappa shape index (κ1) is 13.6. The molecule has 0 N–H and O–H groups in total. The molecule has 1 atom stereocenters. The van der Waals surface area contributed by atoms with Crippen molar-refractivity contribution in [3.63, 3.8) is 0 Å². The van der Waals surface area contributed by atoms with E-state index in [2.05, 4.69) is 28.6 Å². The Morgan fingerprint density at radius 2 is 2.30 bits per heavy atom. The fraction of sp³-hybridized carbons (Fsp3) is 0.600. The molecule has 1 fully saturated rings. The molecule has 1 saturated heterocycles. The molecule has 0 spiro atoms. The van der Waals surface area contributed by atoms with Crippen LogP contribution in [0.3, 0.4) is 0 Å². The smallest absolute Gasteiger partial charge is 0.225 e. The maximum Gasteiger partial charge on any atom is 0.225 e. The van der Waals surface area contributed by atoms with Crippen LogP contribution < -0.4 is 0 Å². The Labute approximate surface area is 123 Å². The summed E-state index contributed by atoms with van der Waals surface area (Å²) in [6.45, 7) is 5.92. The van der Waals surface area contributed by atoms with Gasteiger partial charge in [0.05, 0.1) is 5.69 Å². The number of imidazole rings is 1. The van der Waals surface area contributed by atoms with Crippen LogP contribution in [-0.4, -0.2) is 33.3 Å². The van der Waals surface area contributed by atoms with Crippen LogP contribution in [0.4, 0.5) is 0 Å². The standard InChI is InChI=1S/C15H21N3OS/c1-3-11(4-2)14(19)17-6-5-12(9-17)13-15-18(10-16-13)7-8-20-15/h7-8,10-12H,3-6,9H2,1-2H3. The average Bonchev–Trinajstić information content (AvgIpc) is 3.15. The largest absolute Gasteiger partial charge is 0.342 e. The van der Waals surface area contributed by atoms with E-state index in [0.717, 1.165) is 32.4 Å². The van der Waals surface area contributed by atoms with Crippen LogP contribution in [0.15, 0.2) is 17.9 Å². The fourth-order valence-corrected chi connectivity index (χ4v) is 4.00. The van der Waals surface area contributed by atoms with Gasteiger partial charge in [-0.3, -0.25) is 9.20 Å². The van der Waals surface area contributed by atoms with Crippen LogP contribution in [0.5, 0.6) is 0 Å². The molecule has 4 nitrogen and oxygen atoms in total. The highest BCUT2D eigenvalue weighted by atomic mass is 32.1. The van der Waals surface area contributed by atoms with Gasteiger partial charge in [-0.1, -0.05) is 13.8 Å². The molecule has 0 bridgehead atoms. The highest BCUT2D eigenvalue weighted by Gasteiger charge is 2.32. The van der Waals surface area contributed by atoms with Crippen LogP contribution >= 0.6 is 11.3 Å². The van der Waals surface area contributed by atoms with Gasteiger partial charge >= 0.3 is 0 Å². The lowest BCUT2D eigenvalue weighted by Crippen LogP contribution is -2.33. The number of thiazole rings is 1. The molecule has 2 aromatic rings. The Morgan fingerprint density at radius 3 is 3.05 bits per heavy atom. The highest BCUT2D eigenvalue weighted by Crippen LogP contribution is 2.32. The predicted molar refractivity (Wildman–Crippen MR) is 81.1 cm³/mol. The molecule has 0 radical (unpaired) electrons. The zero-order valence-electron chi connectivity index (χ0n) is 12.1. The summed E-state index contributed by atoms with van der Waals surface area (Å²) in [5.41, 5.74) is 1.17. The molecule has 3 rings (SSSR count). The van der Waals surface area contributed by atoms with Crippen molar-refractivity contribution in [3.8, 4) is 0 Å². The number of rotatable bonds is 4. The van der Waals surface area contributed by atoms with Crippen molar-refractivity contribution in [2.45, 2.75) is 39.0 Å². The van der Waals surface area contributed by atoms with Gasteiger partial charge in [-0.25, -0.2) is 4.98 Å². The minimum atomic E-state index is 0.192. The monoisotopic (exact) mass is 291 g/mol. The van der Waals surface area contributed by atoms with Crippen molar-refractivity contribution in [1.82, 2.24) is 14.3 Å². The van der Waals surface area contributed by atoms with Crippen molar-refractivity contribution < 1.29 is 4.79 Å². The van der Waals surface area contributed by atoms with Gasteiger partial charge in [-0.05, 0) is 19.3 Å². The van der Waals surface area contributed by atoms with Crippen molar-refractivity contribution >= 4 is 22.1 Å². The predicted octanol–water partition coefficient (Wildman–Crippen LogP) is 3.15. The Bertz CT molecular complexity index is 599. The summed E-state index contributed by atoms with van der Waals surface area (Å²) in [7, 11) is 0. The average molecular weight is 291 g/mol. The van der Waals surface area contributed by atoms with Gasteiger partial charge in [0.25, 0.3) is 0 Å². The first-order chi connectivity index (χ1) is 9.74. The normalized spacial score (nSPS) is 19.4. The summed E-state index contributed by atoms with van der Waals surface area (Å²) in [5.74, 6) is 0.925. The summed E-state index contributed by atoms with van der Waals surface area (Å²) in [5, 5.41) is 2.09. The lowest BCUT2D eigenvalue weighted by molar-refractivity contribution is -0.134. The van der Waals surface area contributed by atoms with Crippen LogP contribution in [0, 0.1) is 5.92 Å². The lowest BCUT2D eigenvalue weighted by Gasteiger charge is -2.21. The Morgan fingerprint density at radius 1 is 1.50 bits per heavy atom.